The highest BCUT2D eigenvalue weighted by molar-refractivity contribution is 5.92. The van der Waals surface area contributed by atoms with Gasteiger partial charge in [0.05, 0.1) is 0 Å². The Morgan fingerprint density at radius 1 is 1.29 bits per heavy atom. The fourth-order valence-electron chi connectivity index (χ4n) is 3.71. The van der Waals surface area contributed by atoms with Crippen LogP contribution in [0.15, 0.2) is 24.0 Å². The molecule has 0 aromatic rings. The highest BCUT2D eigenvalue weighted by atomic mass is 16.5. The number of carbonyl (C=O) groups is 3. The lowest BCUT2D eigenvalue weighted by atomic mass is 9.79. The zero-order valence-electron chi connectivity index (χ0n) is 15.0. The molecule has 0 aromatic heterocycles. The molecular weight excluding hydrogens is 304 g/mol. The van der Waals surface area contributed by atoms with Crippen molar-refractivity contribution in [2.24, 2.45) is 17.3 Å². The molecule has 2 aliphatic rings. The van der Waals surface area contributed by atoms with E-state index >= 15 is 0 Å². The minimum atomic E-state index is -0.323. The Bertz CT molecular complexity index is 568. The first kappa shape index (κ1) is 18.6. The van der Waals surface area contributed by atoms with Crippen molar-refractivity contribution in [3.05, 3.63) is 24.0 Å². The molecule has 4 heteroatoms. The predicted octanol–water partition coefficient (Wildman–Crippen LogP) is 4.14. The molecule has 2 unspecified atom stereocenters. The predicted molar refractivity (Wildman–Crippen MR) is 92.1 cm³/mol. The largest absolute Gasteiger partial charge is 0.431 e. The molecule has 2 aliphatic carbocycles. The van der Waals surface area contributed by atoms with Gasteiger partial charge in [-0.1, -0.05) is 32.9 Å². The van der Waals surface area contributed by atoms with Crippen LogP contribution >= 0.6 is 0 Å². The van der Waals surface area contributed by atoms with Gasteiger partial charge in [0.2, 0.25) is 0 Å². The van der Waals surface area contributed by atoms with E-state index in [1.165, 1.54) is 6.08 Å². The molecule has 2 rings (SSSR count). The molecule has 0 aromatic carbocycles. The summed E-state index contributed by atoms with van der Waals surface area (Å²) in [5, 5.41) is 0. The van der Waals surface area contributed by atoms with Crippen LogP contribution in [0.2, 0.25) is 0 Å². The third-order valence-corrected chi connectivity index (χ3v) is 4.84. The van der Waals surface area contributed by atoms with E-state index in [2.05, 4.69) is 13.0 Å². The Morgan fingerprint density at radius 3 is 2.71 bits per heavy atom. The Morgan fingerprint density at radius 2 is 2.04 bits per heavy atom. The van der Waals surface area contributed by atoms with Crippen molar-refractivity contribution in [1.82, 2.24) is 0 Å². The zero-order chi connectivity index (χ0) is 17.7. The van der Waals surface area contributed by atoms with Crippen LogP contribution in [0.3, 0.4) is 0 Å². The van der Waals surface area contributed by atoms with Crippen LogP contribution < -0.4 is 0 Å². The summed E-state index contributed by atoms with van der Waals surface area (Å²) in [5.74, 6) is 0.386. The number of ether oxygens (including phenoxy) is 1. The maximum absolute atomic E-state index is 12.3. The number of allylic oxidation sites excluding steroid dienone is 4. The lowest BCUT2D eigenvalue weighted by Crippen LogP contribution is -2.25. The molecule has 0 radical (unpaired) electrons. The summed E-state index contributed by atoms with van der Waals surface area (Å²) in [4.78, 5) is 36.0. The summed E-state index contributed by atoms with van der Waals surface area (Å²) in [5.41, 5.74) is -0.168. The molecular formula is C20H28O4. The van der Waals surface area contributed by atoms with Crippen molar-refractivity contribution < 1.29 is 19.1 Å². The zero-order valence-corrected chi connectivity index (χ0v) is 15.0. The molecule has 0 bridgehead atoms. The SMILES string of the molecule is CC/C=C/CC1C(=O)CCC1CC(=O)OC1=CC(=O)CC(C)(C)C1. The lowest BCUT2D eigenvalue weighted by Gasteiger charge is -2.28. The van der Waals surface area contributed by atoms with Gasteiger partial charge in [-0.05, 0) is 30.6 Å². The number of hydrogen-bond donors (Lipinski definition) is 0. The van der Waals surface area contributed by atoms with Gasteiger partial charge in [0.1, 0.15) is 11.5 Å². The standard InChI is InChI=1S/C20H28O4/c1-4-5-6-7-17-14(8-9-18(17)22)10-19(23)24-16-11-15(21)12-20(2,3)13-16/h5-6,11,14,17H,4,7-10,12-13H2,1-3H3/b6-5+. The summed E-state index contributed by atoms with van der Waals surface area (Å²) >= 11 is 0. The smallest absolute Gasteiger partial charge is 0.311 e. The number of hydrogen-bond acceptors (Lipinski definition) is 4. The van der Waals surface area contributed by atoms with Gasteiger partial charge in [-0.2, -0.15) is 0 Å². The van der Waals surface area contributed by atoms with Gasteiger partial charge < -0.3 is 4.74 Å². The number of Topliss-reactive ketones (excluding diaryl/α,β-unsaturated/α-hetero) is 1. The van der Waals surface area contributed by atoms with Crippen molar-refractivity contribution in [3.63, 3.8) is 0 Å². The van der Waals surface area contributed by atoms with Gasteiger partial charge in [-0.3, -0.25) is 14.4 Å². The van der Waals surface area contributed by atoms with Crippen molar-refractivity contribution >= 4 is 17.5 Å². The second kappa shape index (κ2) is 7.91. The Labute approximate surface area is 144 Å². The molecule has 4 nitrogen and oxygen atoms in total. The minimum absolute atomic E-state index is 0.00711. The molecule has 1 saturated carbocycles. The average molecular weight is 332 g/mol. The number of esters is 1. The molecule has 0 amide bonds. The molecule has 0 aliphatic heterocycles. The summed E-state index contributed by atoms with van der Waals surface area (Å²) in [6.07, 6.45) is 9.84. The van der Waals surface area contributed by atoms with Crippen LogP contribution in [-0.4, -0.2) is 17.5 Å². The van der Waals surface area contributed by atoms with Crippen LogP contribution in [0.4, 0.5) is 0 Å². The van der Waals surface area contributed by atoms with E-state index < -0.39 is 0 Å². The van der Waals surface area contributed by atoms with E-state index in [9.17, 15) is 14.4 Å². The lowest BCUT2D eigenvalue weighted by molar-refractivity contribution is -0.141. The summed E-state index contributed by atoms with van der Waals surface area (Å²) in [6.45, 7) is 6.05. The molecule has 0 saturated heterocycles. The van der Waals surface area contributed by atoms with Crippen molar-refractivity contribution in [1.29, 1.82) is 0 Å². The van der Waals surface area contributed by atoms with Crippen molar-refractivity contribution in [3.8, 4) is 0 Å². The summed E-state index contributed by atoms with van der Waals surface area (Å²) in [7, 11) is 0. The third-order valence-electron chi connectivity index (χ3n) is 4.84. The summed E-state index contributed by atoms with van der Waals surface area (Å²) < 4.78 is 5.44. The van der Waals surface area contributed by atoms with Gasteiger partial charge >= 0.3 is 5.97 Å². The maximum atomic E-state index is 12.3. The van der Waals surface area contributed by atoms with Crippen LogP contribution in [-0.2, 0) is 19.1 Å². The Balaban J connectivity index is 1.92. The normalized spacial score (nSPS) is 26.7. The van der Waals surface area contributed by atoms with Crippen molar-refractivity contribution in [2.45, 2.75) is 65.7 Å². The minimum Gasteiger partial charge on any atom is -0.431 e. The van der Waals surface area contributed by atoms with Crippen LogP contribution in [0.1, 0.15) is 65.7 Å². The second-order valence-corrected chi connectivity index (χ2v) is 7.76. The number of rotatable bonds is 6. The van der Waals surface area contributed by atoms with Gasteiger partial charge in [0, 0.05) is 37.7 Å². The molecule has 24 heavy (non-hydrogen) atoms. The summed E-state index contributed by atoms with van der Waals surface area (Å²) in [6, 6.07) is 0. The molecule has 132 valence electrons. The number of carbonyl (C=O) groups excluding carboxylic acids is 3. The molecule has 1 fully saturated rings. The highest BCUT2D eigenvalue weighted by Gasteiger charge is 2.36. The van der Waals surface area contributed by atoms with Crippen LogP contribution in [0.5, 0.6) is 0 Å². The topological polar surface area (TPSA) is 60.4 Å². The van der Waals surface area contributed by atoms with Crippen molar-refractivity contribution in [2.75, 3.05) is 0 Å². The molecule has 0 spiro atoms. The van der Waals surface area contributed by atoms with E-state index in [4.69, 9.17) is 4.74 Å². The second-order valence-electron chi connectivity index (χ2n) is 7.76. The fraction of sp³-hybridized carbons (Fsp3) is 0.650. The maximum Gasteiger partial charge on any atom is 0.311 e. The van der Waals surface area contributed by atoms with E-state index in [0.717, 1.165) is 12.8 Å². The van der Waals surface area contributed by atoms with Crippen LogP contribution in [0.25, 0.3) is 0 Å². The monoisotopic (exact) mass is 332 g/mol. The molecule has 0 N–H and O–H groups in total. The Kier molecular flexibility index (Phi) is 6.14. The molecule has 2 atom stereocenters. The van der Waals surface area contributed by atoms with Gasteiger partial charge in [-0.25, -0.2) is 0 Å². The number of ketones is 2. The Hall–Kier alpha value is -1.71. The van der Waals surface area contributed by atoms with E-state index in [1.54, 1.807) is 0 Å². The van der Waals surface area contributed by atoms with Gasteiger partial charge in [0.15, 0.2) is 5.78 Å². The van der Waals surface area contributed by atoms with Gasteiger partial charge in [0.25, 0.3) is 0 Å². The first-order valence-electron chi connectivity index (χ1n) is 8.92. The van der Waals surface area contributed by atoms with Gasteiger partial charge in [-0.15, -0.1) is 0 Å². The molecule has 0 heterocycles. The van der Waals surface area contributed by atoms with E-state index in [-0.39, 0.29) is 41.2 Å². The third kappa shape index (κ3) is 5.15. The first-order valence-corrected chi connectivity index (χ1v) is 8.92. The highest BCUT2D eigenvalue weighted by Crippen LogP contribution is 2.36. The van der Waals surface area contributed by atoms with Crippen LogP contribution in [0, 0.1) is 17.3 Å². The van der Waals surface area contributed by atoms with E-state index in [0.29, 0.717) is 31.4 Å². The van der Waals surface area contributed by atoms with E-state index in [1.807, 2.05) is 19.9 Å². The average Bonchev–Trinajstić information content (AvgIpc) is 2.78. The fourth-order valence-corrected chi connectivity index (χ4v) is 3.71. The first-order chi connectivity index (χ1) is 11.3. The quantitative estimate of drug-likeness (QED) is 0.541.